The fourth-order valence-corrected chi connectivity index (χ4v) is 4.72. The maximum Gasteiger partial charge on any atom is 0.284 e. The first-order valence-electron chi connectivity index (χ1n) is 10.2. The van der Waals surface area contributed by atoms with E-state index in [0.29, 0.717) is 22.2 Å². The Morgan fingerprint density at radius 3 is 2.20 bits per heavy atom. The number of carbonyl (C=O) groups is 1. The molecule has 1 amide bonds. The van der Waals surface area contributed by atoms with Crippen molar-refractivity contribution in [2.75, 3.05) is 13.1 Å². The first-order chi connectivity index (χ1) is 14.6. The molecule has 0 spiro atoms. The highest BCUT2D eigenvalue weighted by Crippen LogP contribution is 2.41. The molecule has 2 aromatic carbocycles. The van der Waals surface area contributed by atoms with Gasteiger partial charge in [-0.15, -0.1) is 0 Å². The summed E-state index contributed by atoms with van der Waals surface area (Å²) in [5.74, 6) is -0.171. The van der Waals surface area contributed by atoms with Crippen molar-refractivity contribution in [2.24, 2.45) is 0 Å². The van der Waals surface area contributed by atoms with Gasteiger partial charge in [0.25, 0.3) is 5.91 Å². The third-order valence-corrected chi connectivity index (χ3v) is 6.27. The van der Waals surface area contributed by atoms with Crippen LogP contribution in [0.15, 0.2) is 48.5 Å². The van der Waals surface area contributed by atoms with E-state index in [1.54, 1.807) is 6.07 Å². The quantitative estimate of drug-likeness (QED) is 0.433. The summed E-state index contributed by atoms with van der Waals surface area (Å²) in [7, 11) is 0. The van der Waals surface area contributed by atoms with Crippen LogP contribution in [0.3, 0.4) is 0 Å². The lowest BCUT2D eigenvalue weighted by Gasteiger charge is -2.26. The SMILES string of the molecule is O=C(NN1CCCCC1)c1ccc2c(n1)-c1ccc(Cl)cc1Cc1cc(Cl)ccc1-2. The van der Waals surface area contributed by atoms with Crippen molar-refractivity contribution in [1.29, 1.82) is 0 Å². The van der Waals surface area contributed by atoms with Gasteiger partial charge in [0.1, 0.15) is 5.69 Å². The normalized spacial score (nSPS) is 15.5. The minimum atomic E-state index is -0.171. The van der Waals surface area contributed by atoms with Gasteiger partial charge in [-0.05, 0) is 72.4 Å². The molecule has 0 atom stereocenters. The van der Waals surface area contributed by atoms with Gasteiger partial charge in [0.2, 0.25) is 0 Å². The number of nitrogens with one attached hydrogen (secondary N) is 1. The maximum absolute atomic E-state index is 12.9. The van der Waals surface area contributed by atoms with E-state index in [4.69, 9.17) is 28.2 Å². The van der Waals surface area contributed by atoms with Crippen LogP contribution >= 0.6 is 23.2 Å². The van der Waals surface area contributed by atoms with Crippen LogP contribution in [0.5, 0.6) is 0 Å². The van der Waals surface area contributed by atoms with E-state index in [-0.39, 0.29) is 5.91 Å². The van der Waals surface area contributed by atoms with Gasteiger partial charge in [-0.2, -0.15) is 0 Å². The summed E-state index contributed by atoms with van der Waals surface area (Å²) in [4.78, 5) is 17.7. The van der Waals surface area contributed by atoms with Crippen molar-refractivity contribution < 1.29 is 4.79 Å². The molecular formula is C24H21Cl2N3O. The van der Waals surface area contributed by atoms with E-state index in [1.165, 1.54) is 6.42 Å². The number of piperidine rings is 1. The number of hydrogen-bond acceptors (Lipinski definition) is 3. The first kappa shape index (κ1) is 19.6. The lowest BCUT2D eigenvalue weighted by Crippen LogP contribution is -2.45. The molecule has 4 nitrogen and oxygen atoms in total. The number of amides is 1. The first-order valence-corrected chi connectivity index (χ1v) is 11.0. The van der Waals surface area contributed by atoms with E-state index >= 15 is 0 Å². The summed E-state index contributed by atoms with van der Waals surface area (Å²) in [5, 5.41) is 3.37. The van der Waals surface area contributed by atoms with E-state index in [1.807, 2.05) is 47.5 Å². The van der Waals surface area contributed by atoms with Crippen LogP contribution in [0.25, 0.3) is 22.4 Å². The molecule has 1 aromatic heterocycles. The van der Waals surface area contributed by atoms with Gasteiger partial charge in [-0.25, -0.2) is 9.99 Å². The van der Waals surface area contributed by atoms with Gasteiger partial charge in [-0.3, -0.25) is 10.2 Å². The van der Waals surface area contributed by atoms with Crippen LogP contribution in [-0.4, -0.2) is 29.0 Å². The molecule has 1 fully saturated rings. The van der Waals surface area contributed by atoms with Crippen LogP contribution in [0, 0.1) is 0 Å². The molecule has 0 unspecified atom stereocenters. The highest BCUT2D eigenvalue weighted by Gasteiger charge is 2.23. The van der Waals surface area contributed by atoms with Crippen LogP contribution in [0.2, 0.25) is 10.0 Å². The lowest BCUT2D eigenvalue weighted by molar-refractivity contribution is 0.0745. The lowest BCUT2D eigenvalue weighted by atomic mass is 9.98. The zero-order valence-electron chi connectivity index (χ0n) is 16.4. The summed E-state index contributed by atoms with van der Waals surface area (Å²) in [6, 6.07) is 15.5. The highest BCUT2D eigenvalue weighted by molar-refractivity contribution is 6.31. The molecule has 1 N–H and O–H groups in total. The van der Waals surface area contributed by atoms with Crippen LogP contribution in [-0.2, 0) is 6.42 Å². The second-order valence-electron chi connectivity index (χ2n) is 7.86. The monoisotopic (exact) mass is 437 g/mol. The van der Waals surface area contributed by atoms with Crippen molar-refractivity contribution in [3.63, 3.8) is 0 Å². The van der Waals surface area contributed by atoms with Gasteiger partial charge in [-0.1, -0.05) is 41.8 Å². The van der Waals surface area contributed by atoms with Crippen molar-refractivity contribution in [1.82, 2.24) is 15.4 Å². The Hall–Kier alpha value is -2.40. The number of pyridine rings is 1. The number of halogens is 2. The Labute approximate surface area is 185 Å². The molecule has 3 aromatic rings. The summed E-state index contributed by atoms with van der Waals surface area (Å²) >= 11 is 12.6. The molecule has 1 aliphatic heterocycles. The molecule has 30 heavy (non-hydrogen) atoms. The van der Waals surface area contributed by atoms with E-state index in [2.05, 4.69) is 5.43 Å². The molecule has 1 saturated heterocycles. The summed E-state index contributed by atoms with van der Waals surface area (Å²) in [6.45, 7) is 1.76. The Morgan fingerprint density at radius 1 is 0.833 bits per heavy atom. The maximum atomic E-state index is 12.9. The smallest absolute Gasteiger partial charge is 0.283 e. The minimum Gasteiger partial charge on any atom is -0.283 e. The van der Waals surface area contributed by atoms with Crippen molar-refractivity contribution in [2.45, 2.75) is 25.7 Å². The largest absolute Gasteiger partial charge is 0.284 e. The second-order valence-corrected chi connectivity index (χ2v) is 8.73. The summed E-state index contributed by atoms with van der Waals surface area (Å²) in [5.41, 5.74) is 9.50. The van der Waals surface area contributed by atoms with Gasteiger partial charge < -0.3 is 0 Å². The molecule has 2 aliphatic rings. The predicted octanol–water partition coefficient (Wildman–Crippen LogP) is 5.76. The number of carbonyl (C=O) groups excluding carboxylic acids is 1. The Bertz CT molecular complexity index is 1140. The number of hydrogen-bond donors (Lipinski definition) is 1. The molecule has 1 aliphatic carbocycles. The molecular weight excluding hydrogens is 417 g/mol. The third kappa shape index (κ3) is 3.71. The zero-order valence-corrected chi connectivity index (χ0v) is 17.9. The average molecular weight is 438 g/mol. The van der Waals surface area contributed by atoms with Crippen LogP contribution in [0.4, 0.5) is 0 Å². The third-order valence-electron chi connectivity index (χ3n) is 5.80. The predicted molar refractivity (Wildman–Crippen MR) is 121 cm³/mol. The standard InChI is InChI=1S/C24H21Cl2N3O/c25-17-4-6-19-15(13-17)12-16-14-18(26)5-7-20(16)23-21(19)8-9-22(27-23)24(30)28-29-10-2-1-3-11-29/h4-9,13-14H,1-3,10-12H2,(H,28,30). The summed E-state index contributed by atoms with van der Waals surface area (Å²) < 4.78 is 0. The van der Waals surface area contributed by atoms with E-state index in [0.717, 1.165) is 59.4 Å². The number of rotatable bonds is 2. The number of aromatic nitrogens is 1. The van der Waals surface area contributed by atoms with Gasteiger partial charge in [0.05, 0.1) is 5.69 Å². The number of benzene rings is 2. The fourth-order valence-electron chi connectivity index (χ4n) is 4.33. The molecule has 6 heteroatoms. The minimum absolute atomic E-state index is 0.171. The highest BCUT2D eigenvalue weighted by atomic mass is 35.5. The average Bonchev–Trinajstić information content (AvgIpc) is 2.87. The molecule has 5 rings (SSSR count). The number of nitrogens with zero attached hydrogens (tertiary/aromatic N) is 2. The van der Waals surface area contributed by atoms with Crippen molar-refractivity contribution in [3.8, 4) is 22.4 Å². The molecule has 2 heterocycles. The molecule has 0 saturated carbocycles. The number of fused-ring (bicyclic) bond motifs is 5. The van der Waals surface area contributed by atoms with Crippen LogP contribution < -0.4 is 5.43 Å². The Kier molecular flexibility index (Phi) is 5.23. The van der Waals surface area contributed by atoms with E-state index < -0.39 is 0 Å². The second kappa shape index (κ2) is 8.03. The molecule has 0 bridgehead atoms. The molecule has 152 valence electrons. The zero-order chi connectivity index (χ0) is 20.7. The topological polar surface area (TPSA) is 45.2 Å². The number of hydrazine groups is 1. The summed E-state index contributed by atoms with van der Waals surface area (Å²) in [6.07, 6.45) is 4.13. The van der Waals surface area contributed by atoms with Gasteiger partial charge >= 0.3 is 0 Å². The molecule has 0 radical (unpaired) electrons. The van der Waals surface area contributed by atoms with Crippen molar-refractivity contribution >= 4 is 29.1 Å². The van der Waals surface area contributed by atoms with Gasteiger partial charge in [0.15, 0.2) is 0 Å². The van der Waals surface area contributed by atoms with Crippen LogP contribution in [0.1, 0.15) is 40.9 Å². The van der Waals surface area contributed by atoms with Gasteiger partial charge in [0, 0.05) is 34.3 Å². The Morgan fingerprint density at radius 2 is 1.47 bits per heavy atom. The van der Waals surface area contributed by atoms with E-state index in [9.17, 15) is 4.79 Å². The van der Waals surface area contributed by atoms with Crippen molar-refractivity contribution in [3.05, 3.63) is 75.4 Å². The Balaban J connectivity index is 1.60. The fraction of sp³-hybridized carbons (Fsp3) is 0.250.